The van der Waals surface area contributed by atoms with Crippen LogP contribution in [0.3, 0.4) is 0 Å². The Hall–Kier alpha value is -1.75. The number of amides is 2. The number of urea groups is 1. The van der Waals surface area contributed by atoms with Crippen molar-refractivity contribution in [2.75, 3.05) is 39.6 Å². The van der Waals surface area contributed by atoms with Crippen molar-refractivity contribution in [1.29, 1.82) is 0 Å². The van der Waals surface area contributed by atoms with E-state index >= 15 is 0 Å². The van der Waals surface area contributed by atoms with E-state index in [1.54, 1.807) is 7.11 Å². The lowest BCUT2D eigenvalue weighted by Crippen LogP contribution is -2.48. The molecule has 0 radical (unpaired) electrons. The molecule has 116 valence electrons. The number of likely N-dealkylation sites (tertiary alicyclic amines) is 1. The standard InChI is InChI=1S/C16H25N3O2/c1-12-10-13(7-8-15(12)21-4)17-16(20)19-9-5-6-14(11-19)18(2)3/h7-8,10,14H,5-6,9,11H2,1-4H3,(H,17,20). The first-order valence-corrected chi connectivity index (χ1v) is 7.38. The number of hydrogen-bond acceptors (Lipinski definition) is 3. The van der Waals surface area contributed by atoms with Gasteiger partial charge in [-0.3, -0.25) is 0 Å². The molecule has 5 heteroatoms. The molecule has 21 heavy (non-hydrogen) atoms. The van der Waals surface area contributed by atoms with Crippen LogP contribution >= 0.6 is 0 Å². The van der Waals surface area contributed by atoms with E-state index in [-0.39, 0.29) is 6.03 Å². The maximum absolute atomic E-state index is 12.4. The van der Waals surface area contributed by atoms with E-state index in [9.17, 15) is 4.79 Å². The molecule has 1 saturated heterocycles. The Morgan fingerprint density at radius 3 is 2.81 bits per heavy atom. The first-order chi connectivity index (χ1) is 10.0. The quantitative estimate of drug-likeness (QED) is 0.931. The summed E-state index contributed by atoms with van der Waals surface area (Å²) in [5.74, 6) is 0.832. The molecule has 1 atom stereocenters. The van der Waals surface area contributed by atoms with Gasteiger partial charge in [0, 0.05) is 24.8 Å². The van der Waals surface area contributed by atoms with Gasteiger partial charge in [0.05, 0.1) is 7.11 Å². The van der Waals surface area contributed by atoms with Crippen LogP contribution in [-0.4, -0.2) is 56.2 Å². The van der Waals surface area contributed by atoms with E-state index < -0.39 is 0 Å². The molecule has 1 N–H and O–H groups in total. The molecule has 0 aliphatic carbocycles. The molecular formula is C16H25N3O2. The molecule has 2 amide bonds. The number of ether oxygens (including phenoxy) is 1. The molecule has 0 bridgehead atoms. The number of anilines is 1. The maximum Gasteiger partial charge on any atom is 0.321 e. The summed E-state index contributed by atoms with van der Waals surface area (Å²) < 4.78 is 5.23. The van der Waals surface area contributed by atoms with Crippen LogP contribution in [-0.2, 0) is 0 Å². The Morgan fingerprint density at radius 1 is 1.43 bits per heavy atom. The van der Waals surface area contributed by atoms with Crippen LogP contribution in [0.1, 0.15) is 18.4 Å². The Morgan fingerprint density at radius 2 is 2.19 bits per heavy atom. The second-order valence-corrected chi connectivity index (χ2v) is 5.82. The number of carbonyl (C=O) groups is 1. The van der Waals surface area contributed by atoms with Gasteiger partial charge in [0.1, 0.15) is 5.75 Å². The number of nitrogens with one attached hydrogen (secondary N) is 1. The second-order valence-electron chi connectivity index (χ2n) is 5.82. The van der Waals surface area contributed by atoms with Crippen molar-refractivity contribution in [1.82, 2.24) is 9.80 Å². The summed E-state index contributed by atoms with van der Waals surface area (Å²) in [4.78, 5) is 16.5. The second kappa shape index (κ2) is 6.80. The average Bonchev–Trinajstić information content (AvgIpc) is 2.47. The first kappa shape index (κ1) is 15.6. The summed E-state index contributed by atoms with van der Waals surface area (Å²) in [5, 5.41) is 2.98. The number of aryl methyl sites for hydroxylation is 1. The molecule has 1 aromatic carbocycles. The summed E-state index contributed by atoms with van der Waals surface area (Å²) in [6.45, 7) is 3.58. The highest BCUT2D eigenvalue weighted by atomic mass is 16.5. The minimum Gasteiger partial charge on any atom is -0.496 e. The molecule has 1 aliphatic rings. The highest BCUT2D eigenvalue weighted by Crippen LogP contribution is 2.22. The molecule has 2 rings (SSSR count). The van der Waals surface area contributed by atoms with E-state index in [0.717, 1.165) is 42.9 Å². The lowest BCUT2D eigenvalue weighted by atomic mass is 10.1. The number of methoxy groups -OCH3 is 1. The van der Waals surface area contributed by atoms with Crippen molar-refractivity contribution in [3.63, 3.8) is 0 Å². The molecule has 1 aliphatic heterocycles. The maximum atomic E-state index is 12.4. The molecule has 1 unspecified atom stereocenters. The topological polar surface area (TPSA) is 44.8 Å². The Bertz CT molecular complexity index is 502. The number of likely N-dealkylation sites (N-methyl/N-ethyl adjacent to an activating group) is 1. The monoisotopic (exact) mass is 291 g/mol. The third kappa shape index (κ3) is 3.88. The number of hydrogen-bond donors (Lipinski definition) is 1. The van der Waals surface area contributed by atoms with Gasteiger partial charge in [0.2, 0.25) is 0 Å². The highest BCUT2D eigenvalue weighted by molar-refractivity contribution is 5.89. The van der Waals surface area contributed by atoms with Crippen LogP contribution in [0.25, 0.3) is 0 Å². The normalized spacial score (nSPS) is 18.7. The fourth-order valence-electron chi connectivity index (χ4n) is 2.72. The minimum absolute atomic E-state index is 0.0221. The fourth-order valence-corrected chi connectivity index (χ4v) is 2.72. The van der Waals surface area contributed by atoms with Gasteiger partial charge in [0.25, 0.3) is 0 Å². The van der Waals surface area contributed by atoms with Gasteiger partial charge >= 0.3 is 6.03 Å². The molecule has 1 heterocycles. The zero-order valence-corrected chi connectivity index (χ0v) is 13.3. The number of rotatable bonds is 3. The first-order valence-electron chi connectivity index (χ1n) is 7.38. The van der Waals surface area contributed by atoms with E-state index in [4.69, 9.17) is 4.74 Å². The highest BCUT2D eigenvalue weighted by Gasteiger charge is 2.24. The summed E-state index contributed by atoms with van der Waals surface area (Å²) in [6.07, 6.45) is 2.20. The zero-order valence-electron chi connectivity index (χ0n) is 13.3. The van der Waals surface area contributed by atoms with Gasteiger partial charge < -0.3 is 19.9 Å². The lowest BCUT2D eigenvalue weighted by molar-refractivity contribution is 0.148. The third-order valence-corrected chi connectivity index (χ3v) is 4.06. The van der Waals surface area contributed by atoms with Gasteiger partial charge in [-0.05, 0) is 57.6 Å². The summed E-state index contributed by atoms with van der Waals surface area (Å²) in [5.41, 5.74) is 1.82. The zero-order chi connectivity index (χ0) is 15.4. The molecule has 0 saturated carbocycles. The van der Waals surface area contributed by atoms with E-state index in [1.807, 2.05) is 30.0 Å². The van der Waals surface area contributed by atoms with Crippen molar-refractivity contribution in [3.05, 3.63) is 23.8 Å². The van der Waals surface area contributed by atoms with Gasteiger partial charge in [-0.25, -0.2) is 4.79 Å². The lowest BCUT2D eigenvalue weighted by Gasteiger charge is -2.36. The van der Waals surface area contributed by atoms with Crippen molar-refractivity contribution in [3.8, 4) is 5.75 Å². The summed E-state index contributed by atoms with van der Waals surface area (Å²) >= 11 is 0. The number of nitrogens with zero attached hydrogens (tertiary/aromatic N) is 2. The molecule has 5 nitrogen and oxygen atoms in total. The largest absolute Gasteiger partial charge is 0.496 e. The number of benzene rings is 1. The van der Waals surface area contributed by atoms with Crippen molar-refractivity contribution < 1.29 is 9.53 Å². The predicted octanol–water partition coefficient (Wildman–Crippen LogP) is 2.56. The van der Waals surface area contributed by atoms with Crippen molar-refractivity contribution >= 4 is 11.7 Å². The van der Waals surface area contributed by atoms with Gasteiger partial charge in [-0.1, -0.05) is 0 Å². The molecule has 0 aromatic heterocycles. The van der Waals surface area contributed by atoms with Crippen LogP contribution in [0.15, 0.2) is 18.2 Å². The Kier molecular flexibility index (Phi) is 5.07. The Labute approximate surface area is 126 Å². The van der Waals surface area contributed by atoms with Gasteiger partial charge in [-0.2, -0.15) is 0 Å². The minimum atomic E-state index is -0.0221. The van der Waals surface area contributed by atoms with Gasteiger partial charge in [0.15, 0.2) is 0 Å². The van der Waals surface area contributed by atoms with E-state index in [2.05, 4.69) is 24.3 Å². The predicted molar refractivity (Wildman–Crippen MR) is 85.0 cm³/mol. The molecule has 1 aromatic rings. The van der Waals surface area contributed by atoms with Crippen LogP contribution in [0.4, 0.5) is 10.5 Å². The molecule has 0 spiro atoms. The van der Waals surface area contributed by atoms with E-state index in [1.165, 1.54) is 0 Å². The number of piperidine rings is 1. The van der Waals surface area contributed by atoms with Crippen LogP contribution < -0.4 is 10.1 Å². The van der Waals surface area contributed by atoms with Crippen molar-refractivity contribution in [2.24, 2.45) is 0 Å². The molecule has 1 fully saturated rings. The van der Waals surface area contributed by atoms with E-state index in [0.29, 0.717) is 6.04 Å². The fraction of sp³-hybridized carbons (Fsp3) is 0.562. The average molecular weight is 291 g/mol. The molecular weight excluding hydrogens is 266 g/mol. The van der Waals surface area contributed by atoms with Crippen LogP contribution in [0.2, 0.25) is 0 Å². The summed E-state index contributed by atoms with van der Waals surface area (Å²) in [7, 11) is 5.79. The van der Waals surface area contributed by atoms with Crippen LogP contribution in [0.5, 0.6) is 5.75 Å². The number of carbonyl (C=O) groups excluding carboxylic acids is 1. The SMILES string of the molecule is COc1ccc(NC(=O)N2CCCC(N(C)C)C2)cc1C. The summed E-state index contributed by atoms with van der Waals surface area (Å²) in [6, 6.07) is 6.11. The van der Waals surface area contributed by atoms with Crippen LogP contribution in [0, 0.1) is 6.92 Å². The third-order valence-electron chi connectivity index (χ3n) is 4.06. The van der Waals surface area contributed by atoms with Crippen molar-refractivity contribution in [2.45, 2.75) is 25.8 Å². The Balaban J connectivity index is 1.99. The smallest absolute Gasteiger partial charge is 0.321 e. The van der Waals surface area contributed by atoms with Gasteiger partial charge in [-0.15, -0.1) is 0 Å².